The van der Waals surface area contributed by atoms with Crippen LogP contribution in [-0.4, -0.2) is 24.0 Å². The number of benzene rings is 1. The van der Waals surface area contributed by atoms with E-state index in [0.29, 0.717) is 12.3 Å². The van der Waals surface area contributed by atoms with Crippen molar-refractivity contribution in [2.45, 2.75) is 19.3 Å². The van der Waals surface area contributed by atoms with Gasteiger partial charge in [0.1, 0.15) is 0 Å². The Hall–Kier alpha value is -1.85. The van der Waals surface area contributed by atoms with E-state index >= 15 is 0 Å². The molecule has 1 saturated heterocycles. The Morgan fingerprint density at radius 3 is 2.82 bits per heavy atom. The summed E-state index contributed by atoms with van der Waals surface area (Å²) in [4.78, 5) is 15.8. The van der Waals surface area contributed by atoms with Crippen LogP contribution in [0.3, 0.4) is 0 Å². The molecule has 6 heteroatoms. The smallest absolute Gasteiger partial charge is 0.224 e. The number of nitrogens with zero attached hydrogens (tertiary/aromatic N) is 1. The van der Waals surface area contributed by atoms with E-state index < -0.39 is 0 Å². The summed E-state index contributed by atoms with van der Waals surface area (Å²) in [6.45, 7) is 2.12. The minimum Gasteiger partial charge on any atom is -0.444 e. The second-order valence-corrected chi connectivity index (χ2v) is 5.39. The van der Waals surface area contributed by atoms with Crippen molar-refractivity contribution in [3.63, 3.8) is 0 Å². The molecule has 2 heterocycles. The summed E-state index contributed by atoms with van der Waals surface area (Å²) in [5.41, 5.74) is 1.76. The Morgan fingerprint density at radius 2 is 2.18 bits per heavy atom. The third kappa shape index (κ3) is 4.32. The van der Waals surface area contributed by atoms with Crippen LogP contribution in [0, 0.1) is 5.92 Å². The van der Waals surface area contributed by atoms with Crippen molar-refractivity contribution in [2.75, 3.05) is 18.4 Å². The van der Waals surface area contributed by atoms with E-state index in [1.54, 1.807) is 6.20 Å². The first-order chi connectivity index (χ1) is 10.3. The lowest BCUT2D eigenvalue weighted by molar-refractivity contribution is -0.116. The molecule has 0 bridgehead atoms. The van der Waals surface area contributed by atoms with E-state index in [2.05, 4.69) is 15.6 Å². The molecule has 2 N–H and O–H groups in total. The summed E-state index contributed by atoms with van der Waals surface area (Å²) in [6, 6.07) is 7.59. The number of hydrogen-bond acceptors (Lipinski definition) is 4. The van der Waals surface area contributed by atoms with Gasteiger partial charge in [0.05, 0.1) is 6.20 Å². The predicted molar refractivity (Wildman–Crippen MR) is 88.0 cm³/mol. The summed E-state index contributed by atoms with van der Waals surface area (Å²) in [6.07, 6.45) is 5.79. The maximum absolute atomic E-state index is 11.9. The topological polar surface area (TPSA) is 67.2 Å². The van der Waals surface area contributed by atoms with Crippen molar-refractivity contribution in [1.82, 2.24) is 10.3 Å². The van der Waals surface area contributed by atoms with Gasteiger partial charge in [0, 0.05) is 17.7 Å². The zero-order chi connectivity index (χ0) is 14.5. The fraction of sp³-hybridized carbons (Fsp3) is 0.375. The molecule has 22 heavy (non-hydrogen) atoms. The highest BCUT2D eigenvalue weighted by molar-refractivity contribution is 5.90. The second-order valence-electron chi connectivity index (χ2n) is 5.39. The van der Waals surface area contributed by atoms with E-state index in [-0.39, 0.29) is 18.3 Å². The van der Waals surface area contributed by atoms with Gasteiger partial charge >= 0.3 is 0 Å². The van der Waals surface area contributed by atoms with Gasteiger partial charge < -0.3 is 15.1 Å². The molecular weight excluding hydrogens is 302 g/mol. The highest BCUT2D eigenvalue weighted by Crippen LogP contribution is 2.21. The van der Waals surface area contributed by atoms with Crippen LogP contribution >= 0.6 is 12.4 Å². The number of carbonyl (C=O) groups is 1. The van der Waals surface area contributed by atoms with Crippen LogP contribution in [0.2, 0.25) is 0 Å². The number of hydrogen-bond donors (Lipinski definition) is 2. The molecule has 1 fully saturated rings. The third-order valence-electron chi connectivity index (χ3n) is 3.83. The molecule has 1 atom stereocenters. The van der Waals surface area contributed by atoms with Crippen molar-refractivity contribution in [1.29, 1.82) is 0 Å². The lowest BCUT2D eigenvalue weighted by Crippen LogP contribution is -2.14. The number of rotatable bonds is 5. The van der Waals surface area contributed by atoms with Gasteiger partial charge in [-0.1, -0.05) is 0 Å². The van der Waals surface area contributed by atoms with Gasteiger partial charge in [-0.2, -0.15) is 0 Å². The molecule has 1 aromatic carbocycles. The van der Waals surface area contributed by atoms with Crippen molar-refractivity contribution < 1.29 is 9.21 Å². The summed E-state index contributed by atoms with van der Waals surface area (Å²) >= 11 is 0. The summed E-state index contributed by atoms with van der Waals surface area (Å²) in [5, 5.41) is 6.25. The second kappa shape index (κ2) is 7.96. The largest absolute Gasteiger partial charge is 0.444 e. The fourth-order valence-electron chi connectivity index (χ4n) is 2.60. The highest BCUT2D eigenvalue weighted by atomic mass is 35.5. The molecule has 1 unspecified atom stereocenters. The normalized spacial score (nSPS) is 17.0. The van der Waals surface area contributed by atoms with E-state index in [1.165, 1.54) is 12.8 Å². The van der Waals surface area contributed by atoms with Crippen LogP contribution in [0.1, 0.15) is 19.3 Å². The molecule has 118 valence electrons. The lowest BCUT2D eigenvalue weighted by atomic mass is 10.0. The third-order valence-corrected chi connectivity index (χ3v) is 3.83. The van der Waals surface area contributed by atoms with E-state index in [0.717, 1.165) is 36.5 Å². The molecule has 0 aliphatic carbocycles. The first kappa shape index (κ1) is 16.5. The number of carbonyl (C=O) groups excluding carboxylic acids is 1. The molecule has 0 saturated carbocycles. The van der Waals surface area contributed by atoms with Crippen molar-refractivity contribution >= 4 is 24.0 Å². The van der Waals surface area contributed by atoms with Crippen LogP contribution in [0.25, 0.3) is 11.3 Å². The number of amides is 1. The Morgan fingerprint density at radius 1 is 1.36 bits per heavy atom. The fourth-order valence-corrected chi connectivity index (χ4v) is 2.60. The highest BCUT2D eigenvalue weighted by Gasteiger charge is 2.15. The van der Waals surface area contributed by atoms with Crippen LogP contribution in [0.5, 0.6) is 0 Å². The van der Waals surface area contributed by atoms with Crippen molar-refractivity contribution in [2.24, 2.45) is 5.92 Å². The maximum atomic E-state index is 11.9. The van der Waals surface area contributed by atoms with Gasteiger partial charge in [0.25, 0.3) is 0 Å². The molecule has 1 aliphatic heterocycles. The molecule has 0 radical (unpaired) electrons. The minimum atomic E-state index is 0. The van der Waals surface area contributed by atoms with Crippen LogP contribution in [0.15, 0.2) is 41.3 Å². The predicted octanol–water partition coefficient (Wildman–Crippen LogP) is 3.09. The average molecular weight is 322 g/mol. The molecule has 2 aromatic rings. The number of anilines is 1. The van der Waals surface area contributed by atoms with Gasteiger partial charge in [-0.25, -0.2) is 4.98 Å². The lowest BCUT2D eigenvalue weighted by Gasteiger charge is -2.09. The van der Waals surface area contributed by atoms with E-state index in [1.807, 2.05) is 24.3 Å². The Labute approximate surface area is 135 Å². The van der Waals surface area contributed by atoms with Crippen molar-refractivity contribution in [3.8, 4) is 11.3 Å². The Kier molecular flexibility index (Phi) is 5.98. The zero-order valence-electron chi connectivity index (χ0n) is 12.2. The average Bonchev–Trinajstić information content (AvgIpc) is 3.19. The monoisotopic (exact) mass is 321 g/mol. The summed E-state index contributed by atoms with van der Waals surface area (Å²) in [7, 11) is 0. The maximum Gasteiger partial charge on any atom is 0.224 e. The minimum absolute atomic E-state index is 0. The molecule has 5 nitrogen and oxygen atoms in total. The van der Waals surface area contributed by atoms with Crippen molar-refractivity contribution in [3.05, 3.63) is 36.9 Å². The van der Waals surface area contributed by atoms with E-state index in [4.69, 9.17) is 4.42 Å². The molecular formula is C16H20ClN3O2. The quantitative estimate of drug-likeness (QED) is 0.888. The van der Waals surface area contributed by atoms with Crippen LogP contribution in [0.4, 0.5) is 5.69 Å². The number of aromatic nitrogens is 1. The van der Waals surface area contributed by atoms with Crippen LogP contribution in [-0.2, 0) is 4.79 Å². The standard InChI is InChI=1S/C16H19N3O2.ClH/c20-16(6-1-12-7-8-17-9-12)19-14-4-2-13(3-5-14)15-10-18-11-21-15;/h2-5,10-12,17H,1,6-9H2,(H,19,20);1H. The van der Waals surface area contributed by atoms with Gasteiger partial charge in [-0.05, 0) is 56.1 Å². The van der Waals surface area contributed by atoms with Gasteiger partial charge in [0.15, 0.2) is 12.2 Å². The Balaban J connectivity index is 0.00000176. The number of oxazole rings is 1. The Bertz CT molecular complexity index is 578. The number of halogens is 1. The molecule has 1 aromatic heterocycles. The summed E-state index contributed by atoms with van der Waals surface area (Å²) < 4.78 is 5.23. The number of nitrogens with one attached hydrogen (secondary N) is 2. The van der Waals surface area contributed by atoms with Gasteiger partial charge in [-0.15, -0.1) is 12.4 Å². The van der Waals surface area contributed by atoms with Gasteiger partial charge in [-0.3, -0.25) is 4.79 Å². The van der Waals surface area contributed by atoms with Gasteiger partial charge in [0.2, 0.25) is 5.91 Å². The first-order valence-electron chi connectivity index (χ1n) is 7.31. The van der Waals surface area contributed by atoms with E-state index in [9.17, 15) is 4.79 Å². The molecule has 0 spiro atoms. The van der Waals surface area contributed by atoms with Crippen LogP contribution < -0.4 is 10.6 Å². The molecule has 1 amide bonds. The summed E-state index contributed by atoms with van der Waals surface area (Å²) in [5.74, 6) is 1.44. The SMILES string of the molecule is Cl.O=C(CCC1CCNC1)Nc1ccc(-c2cnco2)cc1. The molecule has 3 rings (SSSR count). The zero-order valence-corrected chi connectivity index (χ0v) is 13.1. The first-order valence-corrected chi connectivity index (χ1v) is 7.31. The molecule has 1 aliphatic rings.